The molecule has 1 atom stereocenters. The Kier molecular flexibility index (Phi) is 3.46. The predicted molar refractivity (Wildman–Crippen MR) is 61.8 cm³/mol. The number of allylic oxidation sites excluding steroid dienone is 3. The van der Waals surface area contributed by atoms with Crippen molar-refractivity contribution in [3.63, 3.8) is 0 Å². The van der Waals surface area contributed by atoms with E-state index in [2.05, 4.69) is 50.2 Å². The van der Waals surface area contributed by atoms with Crippen molar-refractivity contribution in [1.82, 2.24) is 25.9 Å². The first-order chi connectivity index (χ1) is 7.85. The number of aryl methyl sites for hydroxylation is 1. The molecule has 0 aliphatic heterocycles. The molecular weight excluding hydrogens is 202 g/mol. The number of nitrogens with zero attached hydrogens (tertiary/aromatic N) is 3. The van der Waals surface area contributed by atoms with E-state index in [0.29, 0.717) is 0 Å². The Labute approximate surface area is 95.0 Å². The lowest BCUT2D eigenvalue weighted by Gasteiger charge is -2.30. The molecule has 0 fully saturated rings. The highest BCUT2D eigenvalue weighted by Crippen LogP contribution is 2.31. The summed E-state index contributed by atoms with van der Waals surface area (Å²) in [6, 6.07) is 0. The summed E-state index contributed by atoms with van der Waals surface area (Å²) in [7, 11) is 1.99. The van der Waals surface area contributed by atoms with Gasteiger partial charge in [0.15, 0.2) is 5.82 Å². The number of hydrogen-bond acceptors (Lipinski definition) is 4. The van der Waals surface area contributed by atoms with Gasteiger partial charge in [0.2, 0.25) is 0 Å². The maximum absolute atomic E-state index is 3.98. The van der Waals surface area contributed by atoms with E-state index in [9.17, 15) is 0 Å². The van der Waals surface area contributed by atoms with E-state index >= 15 is 0 Å². The summed E-state index contributed by atoms with van der Waals surface area (Å²) in [6.45, 7) is 0.978. The zero-order chi connectivity index (χ0) is 11.3. The molecule has 5 heteroatoms. The third-order valence-electron chi connectivity index (χ3n) is 2.99. The van der Waals surface area contributed by atoms with Gasteiger partial charge in [0.1, 0.15) is 0 Å². The number of hydrogen-bond donors (Lipinski definition) is 2. The Morgan fingerprint density at radius 3 is 3.06 bits per heavy atom. The van der Waals surface area contributed by atoms with Crippen LogP contribution in [0.1, 0.15) is 18.7 Å². The van der Waals surface area contributed by atoms with Crippen LogP contribution in [0.2, 0.25) is 0 Å². The fourth-order valence-corrected chi connectivity index (χ4v) is 2.12. The van der Waals surface area contributed by atoms with Gasteiger partial charge < -0.3 is 5.32 Å². The minimum absolute atomic E-state index is 0.199. The topological polar surface area (TPSA) is 66.5 Å². The Morgan fingerprint density at radius 1 is 1.50 bits per heavy atom. The SMILES string of the molecule is CNCC1(CCc2nn[nH]n2)C=CC=CC1. The molecule has 0 saturated carbocycles. The molecule has 16 heavy (non-hydrogen) atoms. The van der Waals surface area contributed by atoms with Gasteiger partial charge in [-0.3, -0.25) is 0 Å². The molecule has 0 radical (unpaired) electrons. The largest absolute Gasteiger partial charge is 0.319 e. The van der Waals surface area contributed by atoms with Crippen LogP contribution >= 0.6 is 0 Å². The van der Waals surface area contributed by atoms with Crippen LogP contribution in [0.5, 0.6) is 0 Å². The Hall–Kier alpha value is -1.49. The van der Waals surface area contributed by atoms with Gasteiger partial charge in [-0.05, 0) is 19.9 Å². The molecule has 1 aliphatic rings. The molecule has 1 aromatic heterocycles. The molecule has 0 amide bonds. The van der Waals surface area contributed by atoms with Gasteiger partial charge in [-0.25, -0.2) is 0 Å². The number of aromatic amines is 1. The van der Waals surface area contributed by atoms with Gasteiger partial charge in [0, 0.05) is 18.4 Å². The summed E-state index contributed by atoms with van der Waals surface area (Å²) in [4.78, 5) is 0. The van der Waals surface area contributed by atoms with Crippen molar-refractivity contribution in [2.75, 3.05) is 13.6 Å². The van der Waals surface area contributed by atoms with Gasteiger partial charge in [-0.2, -0.15) is 5.21 Å². The number of tetrazole rings is 1. The Bertz CT molecular complexity index is 368. The van der Waals surface area contributed by atoms with Gasteiger partial charge in [0.05, 0.1) is 0 Å². The first-order valence-corrected chi connectivity index (χ1v) is 5.56. The summed E-state index contributed by atoms with van der Waals surface area (Å²) < 4.78 is 0. The van der Waals surface area contributed by atoms with Crippen LogP contribution in [0.4, 0.5) is 0 Å². The molecule has 0 saturated heterocycles. The van der Waals surface area contributed by atoms with Crippen molar-refractivity contribution in [2.24, 2.45) is 5.41 Å². The zero-order valence-electron chi connectivity index (χ0n) is 9.48. The Balaban J connectivity index is 1.97. The van der Waals surface area contributed by atoms with E-state index in [-0.39, 0.29) is 5.41 Å². The fourth-order valence-electron chi connectivity index (χ4n) is 2.12. The van der Waals surface area contributed by atoms with Crippen molar-refractivity contribution in [2.45, 2.75) is 19.3 Å². The van der Waals surface area contributed by atoms with Crippen molar-refractivity contribution < 1.29 is 0 Å². The molecule has 2 rings (SSSR count). The monoisotopic (exact) mass is 219 g/mol. The van der Waals surface area contributed by atoms with E-state index < -0.39 is 0 Å². The molecule has 86 valence electrons. The minimum atomic E-state index is 0.199. The van der Waals surface area contributed by atoms with Crippen molar-refractivity contribution in [1.29, 1.82) is 0 Å². The molecule has 1 aromatic rings. The molecule has 0 aromatic carbocycles. The van der Waals surface area contributed by atoms with E-state index in [0.717, 1.165) is 31.6 Å². The van der Waals surface area contributed by atoms with Crippen LogP contribution in [-0.4, -0.2) is 34.2 Å². The average Bonchev–Trinajstić information content (AvgIpc) is 2.81. The van der Waals surface area contributed by atoms with Crippen molar-refractivity contribution >= 4 is 0 Å². The first-order valence-electron chi connectivity index (χ1n) is 5.56. The summed E-state index contributed by atoms with van der Waals surface area (Å²) in [5.74, 6) is 0.790. The zero-order valence-corrected chi connectivity index (χ0v) is 9.48. The molecular formula is C11H17N5. The summed E-state index contributed by atoms with van der Waals surface area (Å²) in [5, 5.41) is 17.3. The second kappa shape index (κ2) is 5.03. The van der Waals surface area contributed by atoms with Crippen LogP contribution in [0.25, 0.3) is 0 Å². The van der Waals surface area contributed by atoms with Crippen LogP contribution in [-0.2, 0) is 6.42 Å². The molecule has 0 bridgehead atoms. The van der Waals surface area contributed by atoms with Crippen LogP contribution < -0.4 is 5.32 Å². The van der Waals surface area contributed by atoms with Gasteiger partial charge in [0.25, 0.3) is 0 Å². The highest BCUT2D eigenvalue weighted by atomic mass is 15.5. The first kappa shape index (κ1) is 11.0. The quantitative estimate of drug-likeness (QED) is 0.770. The van der Waals surface area contributed by atoms with E-state index in [1.54, 1.807) is 0 Å². The summed E-state index contributed by atoms with van der Waals surface area (Å²) >= 11 is 0. The summed E-state index contributed by atoms with van der Waals surface area (Å²) in [6.07, 6.45) is 11.7. The highest BCUT2D eigenvalue weighted by Gasteiger charge is 2.26. The second-order valence-electron chi connectivity index (χ2n) is 4.21. The third-order valence-corrected chi connectivity index (χ3v) is 2.99. The van der Waals surface area contributed by atoms with Crippen LogP contribution in [0.15, 0.2) is 24.3 Å². The average molecular weight is 219 g/mol. The van der Waals surface area contributed by atoms with Crippen LogP contribution in [0.3, 0.4) is 0 Å². The number of H-pyrrole nitrogens is 1. The minimum Gasteiger partial charge on any atom is -0.319 e. The lowest BCUT2D eigenvalue weighted by atomic mass is 9.77. The predicted octanol–water partition coefficient (Wildman–Crippen LogP) is 0.854. The summed E-state index contributed by atoms with van der Waals surface area (Å²) in [5.41, 5.74) is 0.199. The lowest BCUT2D eigenvalue weighted by molar-refractivity contribution is 0.337. The molecule has 5 nitrogen and oxygen atoms in total. The van der Waals surface area contributed by atoms with Gasteiger partial charge >= 0.3 is 0 Å². The third kappa shape index (κ3) is 2.55. The molecule has 1 heterocycles. The molecule has 1 unspecified atom stereocenters. The number of aromatic nitrogens is 4. The Morgan fingerprint density at radius 2 is 2.44 bits per heavy atom. The van der Waals surface area contributed by atoms with E-state index in [1.807, 2.05) is 7.05 Å². The lowest BCUT2D eigenvalue weighted by Crippen LogP contribution is -2.31. The van der Waals surface area contributed by atoms with Gasteiger partial charge in [-0.1, -0.05) is 29.5 Å². The maximum atomic E-state index is 3.98. The molecule has 2 N–H and O–H groups in total. The standard InChI is InChI=1S/C11H17N5/c1-12-9-11(6-3-2-4-7-11)8-5-10-13-15-16-14-10/h2-4,6,12H,5,7-9H2,1H3,(H,13,14,15,16). The van der Waals surface area contributed by atoms with Crippen LogP contribution in [0, 0.1) is 5.41 Å². The smallest absolute Gasteiger partial charge is 0.174 e. The normalized spacial score (nSPS) is 23.8. The number of nitrogens with one attached hydrogen (secondary N) is 2. The maximum Gasteiger partial charge on any atom is 0.174 e. The molecule has 0 spiro atoms. The number of rotatable bonds is 5. The second-order valence-corrected chi connectivity index (χ2v) is 4.21. The van der Waals surface area contributed by atoms with E-state index in [4.69, 9.17) is 0 Å². The fraction of sp³-hybridized carbons (Fsp3) is 0.545. The van der Waals surface area contributed by atoms with Gasteiger partial charge in [-0.15, -0.1) is 10.2 Å². The molecule has 1 aliphatic carbocycles. The van der Waals surface area contributed by atoms with E-state index in [1.165, 1.54) is 0 Å². The van der Waals surface area contributed by atoms with Crippen molar-refractivity contribution in [3.8, 4) is 0 Å². The highest BCUT2D eigenvalue weighted by molar-refractivity contribution is 5.17. The van der Waals surface area contributed by atoms with Crippen molar-refractivity contribution in [3.05, 3.63) is 30.1 Å².